The van der Waals surface area contributed by atoms with Gasteiger partial charge in [-0.15, -0.1) is 0 Å². The Kier molecular flexibility index (Phi) is 5.85. The van der Waals surface area contributed by atoms with Gasteiger partial charge in [0.05, 0.1) is 0 Å². The molecule has 0 aliphatic carbocycles. The number of nitrogens with one attached hydrogen (secondary N) is 3. The molecule has 0 fully saturated rings. The van der Waals surface area contributed by atoms with E-state index in [1.165, 1.54) is 0 Å². The molecule has 1 rings (SSSR count). The normalized spacial score (nSPS) is 14.0. The van der Waals surface area contributed by atoms with Gasteiger partial charge >= 0.3 is 0 Å². The van der Waals surface area contributed by atoms with Crippen molar-refractivity contribution >= 4 is 11.4 Å². The van der Waals surface area contributed by atoms with Crippen LogP contribution in [0.5, 0.6) is 0 Å². The fraction of sp³-hybridized carbons (Fsp3) is 0.800. The van der Waals surface area contributed by atoms with Crippen molar-refractivity contribution in [3.63, 3.8) is 0 Å². The maximum Gasteiger partial charge on any atom is 0.253 e. The molecule has 0 aliphatic heterocycles. The van der Waals surface area contributed by atoms with Gasteiger partial charge in [0.1, 0.15) is 11.4 Å². The molecule has 0 amide bonds. The summed E-state index contributed by atoms with van der Waals surface area (Å²) in [7, 11) is 0. The molecule has 0 aromatic heterocycles. The number of anilines is 2. The highest BCUT2D eigenvalue weighted by atomic mass is 16.2. The summed E-state index contributed by atoms with van der Waals surface area (Å²) in [6.07, 6.45) is 1.82. The second kappa shape index (κ2) is 6.75. The largest absolute Gasteiger partial charge is 0.375 e. The summed E-state index contributed by atoms with van der Waals surface area (Å²) in [6, 6.07) is 0. The van der Waals surface area contributed by atoms with Crippen LogP contribution in [-0.4, -0.2) is 22.2 Å². The molecule has 0 saturated heterocycles. The van der Waals surface area contributed by atoms with Crippen LogP contribution in [0.1, 0.15) is 82.1 Å². The van der Waals surface area contributed by atoms with Gasteiger partial charge in [0.2, 0.25) is 0 Å². The molecule has 5 nitrogen and oxygen atoms in total. The highest BCUT2D eigenvalue weighted by Gasteiger charge is 2.31. The van der Waals surface area contributed by atoms with Crippen molar-refractivity contribution in [3.05, 3.63) is 20.4 Å². The predicted molar refractivity (Wildman–Crippen MR) is 109 cm³/mol. The van der Waals surface area contributed by atoms with Crippen LogP contribution in [-0.2, 0) is 0 Å². The molecular weight excluding hydrogens is 314 g/mol. The lowest BCUT2D eigenvalue weighted by Crippen LogP contribution is -2.51. The summed E-state index contributed by atoms with van der Waals surface area (Å²) in [5.74, 6) is 0. The Morgan fingerprint density at radius 3 is 1.40 bits per heavy atom. The van der Waals surface area contributed by atoms with Crippen LogP contribution < -0.4 is 26.8 Å². The lowest BCUT2D eigenvalue weighted by molar-refractivity contribution is 0.251. The van der Waals surface area contributed by atoms with Gasteiger partial charge in [-0.1, -0.05) is 0 Å². The van der Waals surface area contributed by atoms with Crippen molar-refractivity contribution < 1.29 is 0 Å². The Bertz CT molecular complexity index is 666. The maximum atomic E-state index is 12.0. The molecule has 0 aliphatic rings. The van der Waals surface area contributed by atoms with E-state index in [0.717, 1.165) is 12.8 Å². The summed E-state index contributed by atoms with van der Waals surface area (Å²) in [4.78, 5) is 23.9. The Hall–Kier alpha value is -1.36. The second-order valence-corrected chi connectivity index (χ2v) is 10.6. The summed E-state index contributed by atoms with van der Waals surface area (Å²) < 4.78 is 0. The number of hydrogen-bond acceptors (Lipinski definition) is 5. The topological polar surface area (TPSA) is 70.2 Å². The monoisotopic (exact) mass is 351 g/mol. The molecule has 0 spiro atoms. The van der Waals surface area contributed by atoms with Crippen LogP contribution in [0.15, 0.2) is 9.59 Å². The first-order chi connectivity index (χ1) is 10.9. The molecule has 0 bridgehead atoms. The minimum absolute atomic E-state index is 0.0164. The molecule has 0 radical (unpaired) electrons. The maximum absolute atomic E-state index is 12.0. The Labute approximate surface area is 152 Å². The quantitative estimate of drug-likeness (QED) is 0.654. The van der Waals surface area contributed by atoms with Gasteiger partial charge in [-0.2, -0.15) is 0 Å². The zero-order chi connectivity index (χ0) is 19.8. The fourth-order valence-corrected chi connectivity index (χ4v) is 3.11. The minimum atomic E-state index is -0.428. The summed E-state index contributed by atoms with van der Waals surface area (Å²) in [6.45, 7) is 20.9. The molecule has 0 heterocycles. The summed E-state index contributed by atoms with van der Waals surface area (Å²) >= 11 is 0. The molecule has 5 heteroatoms. The van der Waals surface area contributed by atoms with Crippen molar-refractivity contribution in [2.75, 3.05) is 10.6 Å². The van der Waals surface area contributed by atoms with E-state index in [1.54, 1.807) is 0 Å². The van der Waals surface area contributed by atoms with Crippen LogP contribution >= 0.6 is 0 Å². The van der Waals surface area contributed by atoms with Crippen LogP contribution in [0.2, 0.25) is 0 Å². The first kappa shape index (κ1) is 21.7. The van der Waals surface area contributed by atoms with Gasteiger partial charge in [0.15, 0.2) is 0 Å². The first-order valence-corrected chi connectivity index (χ1v) is 9.12. The van der Waals surface area contributed by atoms with E-state index < -0.39 is 10.9 Å². The van der Waals surface area contributed by atoms with Gasteiger partial charge in [0.25, 0.3) is 10.9 Å². The molecule has 25 heavy (non-hydrogen) atoms. The molecule has 0 saturated carbocycles. The number of hydrogen-bond donors (Lipinski definition) is 3. The van der Waals surface area contributed by atoms with Gasteiger partial charge in [-0.3, -0.25) is 9.59 Å². The molecule has 0 unspecified atom stereocenters. The molecular formula is C20H37N3O2. The first-order valence-electron chi connectivity index (χ1n) is 9.12. The van der Waals surface area contributed by atoms with Crippen molar-refractivity contribution in [3.8, 4) is 0 Å². The zero-order valence-electron chi connectivity index (χ0n) is 17.7. The van der Waals surface area contributed by atoms with Crippen molar-refractivity contribution in [1.29, 1.82) is 0 Å². The van der Waals surface area contributed by atoms with Gasteiger partial charge in [-0.25, -0.2) is 0 Å². The van der Waals surface area contributed by atoms with Crippen molar-refractivity contribution in [2.24, 2.45) is 0 Å². The average Bonchev–Trinajstić information content (AvgIpc) is 2.37. The van der Waals surface area contributed by atoms with E-state index in [0.29, 0.717) is 11.4 Å². The standard InChI is InChI=1S/C20H37N3O2/c1-17(2,3)21-13-14(16(25)15(13)24)22-19(7,8)11-12-20(9,10)23-18(4,5)6/h21-23H,11-12H2,1-10H3. The van der Waals surface area contributed by atoms with Crippen LogP contribution in [0.25, 0.3) is 0 Å². The van der Waals surface area contributed by atoms with E-state index in [-0.39, 0.29) is 22.2 Å². The van der Waals surface area contributed by atoms with Crippen molar-refractivity contribution in [1.82, 2.24) is 5.32 Å². The van der Waals surface area contributed by atoms with Crippen LogP contribution in [0.4, 0.5) is 11.4 Å². The highest BCUT2D eigenvalue weighted by molar-refractivity contribution is 5.75. The Morgan fingerprint density at radius 2 is 1.00 bits per heavy atom. The molecule has 1 aromatic carbocycles. The van der Waals surface area contributed by atoms with E-state index in [4.69, 9.17) is 0 Å². The highest BCUT2D eigenvalue weighted by Crippen LogP contribution is 2.27. The zero-order valence-corrected chi connectivity index (χ0v) is 17.7. The second-order valence-electron chi connectivity index (χ2n) is 10.6. The SMILES string of the molecule is CC(C)(C)Nc1c(NC(C)(C)CCC(C)(C)NC(C)(C)C)c(=O)c1=O. The predicted octanol–water partition coefficient (Wildman–Crippen LogP) is 3.63. The third-order valence-electron chi connectivity index (χ3n) is 3.96. The minimum Gasteiger partial charge on any atom is -0.375 e. The Morgan fingerprint density at radius 1 is 0.600 bits per heavy atom. The summed E-state index contributed by atoms with van der Waals surface area (Å²) in [5.41, 5.74) is -0.533. The van der Waals surface area contributed by atoms with Gasteiger partial charge < -0.3 is 16.0 Å². The van der Waals surface area contributed by atoms with E-state index in [2.05, 4.69) is 64.4 Å². The molecule has 0 atom stereocenters. The molecule has 3 N–H and O–H groups in total. The average molecular weight is 352 g/mol. The fourth-order valence-electron chi connectivity index (χ4n) is 3.11. The Balaban J connectivity index is 2.81. The van der Waals surface area contributed by atoms with Crippen molar-refractivity contribution in [2.45, 2.75) is 104 Å². The number of rotatable bonds is 7. The van der Waals surface area contributed by atoms with E-state index in [1.807, 2.05) is 20.8 Å². The molecule has 144 valence electrons. The molecule has 1 aromatic rings. The van der Waals surface area contributed by atoms with Crippen LogP contribution in [0, 0.1) is 0 Å². The van der Waals surface area contributed by atoms with Gasteiger partial charge in [0, 0.05) is 22.2 Å². The van der Waals surface area contributed by atoms with Gasteiger partial charge in [-0.05, 0) is 82.1 Å². The van der Waals surface area contributed by atoms with Crippen LogP contribution in [0.3, 0.4) is 0 Å². The lowest BCUT2D eigenvalue weighted by atomic mass is 9.87. The van der Waals surface area contributed by atoms with E-state index in [9.17, 15) is 9.59 Å². The smallest absolute Gasteiger partial charge is 0.253 e. The lowest BCUT2D eigenvalue weighted by Gasteiger charge is -2.38. The third-order valence-corrected chi connectivity index (χ3v) is 3.96. The van der Waals surface area contributed by atoms with E-state index >= 15 is 0 Å². The summed E-state index contributed by atoms with van der Waals surface area (Å²) in [5, 5.41) is 10.1. The third kappa shape index (κ3) is 6.81.